The zero-order valence-electron chi connectivity index (χ0n) is 15.7. The molecule has 1 aliphatic carbocycles. The normalized spacial score (nSPS) is 26.6. The minimum atomic E-state index is -0.509. The van der Waals surface area contributed by atoms with Crippen LogP contribution in [0.1, 0.15) is 64.3 Å². The number of anilines is 1. The number of aliphatic hydroxyl groups excluding tert-OH is 1. The van der Waals surface area contributed by atoms with Gasteiger partial charge in [0.05, 0.1) is 11.8 Å². The van der Waals surface area contributed by atoms with Crippen molar-refractivity contribution in [2.75, 3.05) is 24.5 Å². The predicted octanol–water partition coefficient (Wildman–Crippen LogP) is 2.46. The van der Waals surface area contributed by atoms with E-state index >= 15 is 0 Å². The van der Waals surface area contributed by atoms with Gasteiger partial charge in [0, 0.05) is 31.2 Å². The van der Waals surface area contributed by atoms with Gasteiger partial charge >= 0.3 is 6.09 Å². The van der Waals surface area contributed by atoms with E-state index in [4.69, 9.17) is 4.74 Å². The van der Waals surface area contributed by atoms with Gasteiger partial charge in [-0.3, -0.25) is 0 Å². The Morgan fingerprint density at radius 2 is 2.00 bits per heavy atom. The van der Waals surface area contributed by atoms with Crippen molar-refractivity contribution in [1.29, 1.82) is 0 Å². The van der Waals surface area contributed by atoms with E-state index in [1.165, 1.54) is 6.33 Å². The molecule has 1 saturated heterocycles. The van der Waals surface area contributed by atoms with Crippen LogP contribution in [0.3, 0.4) is 0 Å². The quantitative estimate of drug-likeness (QED) is 0.840. The molecule has 0 spiro atoms. The van der Waals surface area contributed by atoms with Crippen LogP contribution < -0.4 is 4.90 Å². The lowest BCUT2D eigenvalue weighted by atomic mass is 10.0. The monoisotopic (exact) mass is 348 g/mol. The zero-order valence-corrected chi connectivity index (χ0v) is 15.7. The number of aromatic nitrogens is 2. The minimum Gasteiger partial charge on any atom is -0.444 e. The first-order valence-corrected chi connectivity index (χ1v) is 8.95. The van der Waals surface area contributed by atoms with E-state index in [1.807, 2.05) is 20.8 Å². The highest BCUT2D eigenvalue weighted by Gasteiger charge is 2.36. The van der Waals surface area contributed by atoms with Gasteiger partial charge in [-0.15, -0.1) is 0 Å². The third kappa shape index (κ3) is 3.56. The van der Waals surface area contributed by atoms with Crippen LogP contribution in [0.2, 0.25) is 0 Å². The summed E-state index contributed by atoms with van der Waals surface area (Å²) in [6.07, 6.45) is 1.44. The highest BCUT2D eigenvalue weighted by molar-refractivity contribution is 5.69. The van der Waals surface area contributed by atoms with Crippen LogP contribution in [0.15, 0.2) is 6.33 Å². The molecule has 0 bridgehead atoms. The number of carbonyl (C=O) groups is 1. The van der Waals surface area contributed by atoms with Crippen molar-refractivity contribution < 1.29 is 14.6 Å². The second-order valence-electron chi connectivity index (χ2n) is 8.12. The van der Waals surface area contributed by atoms with Crippen LogP contribution in [0, 0.1) is 0 Å². The van der Waals surface area contributed by atoms with Gasteiger partial charge in [-0.1, -0.05) is 6.92 Å². The van der Waals surface area contributed by atoms with Crippen molar-refractivity contribution in [2.45, 2.75) is 64.7 Å². The second-order valence-corrected chi connectivity index (χ2v) is 8.12. The molecule has 3 unspecified atom stereocenters. The summed E-state index contributed by atoms with van der Waals surface area (Å²) in [4.78, 5) is 25.1. The molecule has 0 saturated carbocycles. The van der Waals surface area contributed by atoms with E-state index in [2.05, 4.69) is 28.7 Å². The summed E-state index contributed by atoms with van der Waals surface area (Å²) >= 11 is 0. The zero-order chi connectivity index (χ0) is 18.4. The van der Waals surface area contributed by atoms with Crippen molar-refractivity contribution in [3.8, 4) is 0 Å². The Bertz CT molecular complexity index is 658. The van der Waals surface area contributed by atoms with Crippen LogP contribution in [0.5, 0.6) is 0 Å². The van der Waals surface area contributed by atoms with E-state index in [0.29, 0.717) is 26.1 Å². The van der Waals surface area contributed by atoms with Crippen molar-refractivity contribution in [3.63, 3.8) is 0 Å². The lowest BCUT2D eigenvalue weighted by molar-refractivity contribution is 0.0218. The molecule has 7 heteroatoms. The minimum absolute atomic E-state index is 0.116. The number of nitrogens with zero attached hydrogens (tertiary/aromatic N) is 4. The number of amides is 1. The summed E-state index contributed by atoms with van der Waals surface area (Å²) in [5, 5.41) is 10.2. The summed E-state index contributed by atoms with van der Waals surface area (Å²) < 4.78 is 5.48. The number of fused-ring (bicyclic) bond motifs is 1. The van der Waals surface area contributed by atoms with E-state index in [0.717, 1.165) is 17.1 Å². The van der Waals surface area contributed by atoms with Crippen LogP contribution in [-0.4, -0.2) is 57.3 Å². The molecule has 3 rings (SSSR count). The smallest absolute Gasteiger partial charge is 0.410 e. The highest BCUT2D eigenvalue weighted by atomic mass is 16.6. The van der Waals surface area contributed by atoms with Crippen molar-refractivity contribution >= 4 is 11.9 Å². The molecule has 2 aliphatic rings. The molecule has 1 amide bonds. The topological polar surface area (TPSA) is 78.8 Å². The molecule has 0 aromatic carbocycles. The summed E-state index contributed by atoms with van der Waals surface area (Å²) in [5.41, 5.74) is 1.31. The SMILES string of the molecule is CC1CC(O)c2ncnc(N3CCN(C(=O)OC(C)(C)C)CC3C)c21. The lowest BCUT2D eigenvalue weighted by Crippen LogP contribution is -2.55. The second kappa shape index (κ2) is 6.44. The van der Waals surface area contributed by atoms with E-state index in [1.54, 1.807) is 4.90 Å². The number of hydrogen-bond donors (Lipinski definition) is 1. The predicted molar refractivity (Wildman–Crippen MR) is 94.6 cm³/mol. The molecule has 0 radical (unpaired) electrons. The Labute approximate surface area is 149 Å². The van der Waals surface area contributed by atoms with E-state index in [-0.39, 0.29) is 18.1 Å². The average molecular weight is 348 g/mol. The van der Waals surface area contributed by atoms with E-state index in [9.17, 15) is 9.90 Å². The molecule has 1 aromatic heterocycles. The fourth-order valence-electron chi connectivity index (χ4n) is 3.70. The number of hydrogen-bond acceptors (Lipinski definition) is 6. The van der Waals surface area contributed by atoms with Crippen LogP contribution in [-0.2, 0) is 4.74 Å². The molecule has 1 N–H and O–H groups in total. The molecular formula is C18H28N4O3. The Kier molecular flexibility index (Phi) is 4.62. The van der Waals surface area contributed by atoms with Crippen molar-refractivity contribution in [1.82, 2.24) is 14.9 Å². The Morgan fingerprint density at radius 1 is 1.28 bits per heavy atom. The van der Waals surface area contributed by atoms with Crippen LogP contribution in [0.4, 0.5) is 10.6 Å². The summed E-state index contributed by atoms with van der Waals surface area (Å²) in [6.45, 7) is 11.7. The average Bonchev–Trinajstić information content (AvgIpc) is 2.80. The molecule has 1 aromatic rings. The molecule has 3 atom stereocenters. The Hall–Kier alpha value is -1.89. The molecule has 2 heterocycles. The fraction of sp³-hybridized carbons (Fsp3) is 0.722. The van der Waals surface area contributed by atoms with Gasteiger partial charge in [0.1, 0.15) is 17.7 Å². The molecular weight excluding hydrogens is 320 g/mol. The first-order valence-electron chi connectivity index (χ1n) is 8.95. The van der Waals surface area contributed by atoms with Gasteiger partial charge in [0.15, 0.2) is 0 Å². The van der Waals surface area contributed by atoms with Gasteiger partial charge in [-0.25, -0.2) is 14.8 Å². The number of aliphatic hydroxyl groups is 1. The number of carbonyl (C=O) groups excluding carboxylic acids is 1. The number of rotatable bonds is 1. The van der Waals surface area contributed by atoms with Gasteiger partial charge in [-0.2, -0.15) is 0 Å². The maximum atomic E-state index is 12.3. The summed E-state index contributed by atoms with van der Waals surface area (Å²) in [6, 6.07) is 0.116. The largest absolute Gasteiger partial charge is 0.444 e. The maximum absolute atomic E-state index is 12.3. The molecule has 138 valence electrons. The number of piperazine rings is 1. The first-order chi connectivity index (χ1) is 11.7. The molecule has 7 nitrogen and oxygen atoms in total. The maximum Gasteiger partial charge on any atom is 0.410 e. The van der Waals surface area contributed by atoms with Gasteiger partial charge in [0.2, 0.25) is 0 Å². The number of ether oxygens (including phenoxy) is 1. The lowest BCUT2D eigenvalue weighted by Gasteiger charge is -2.41. The highest BCUT2D eigenvalue weighted by Crippen LogP contribution is 2.43. The van der Waals surface area contributed by atoms with Crippen LogP contribution in [0.25, 0.3) is 0 Å². The third-order valence-corrected chi connectivity index (χ3v) is 4.83. The van der Waals surface area contributed by atoms with Crippen molar-refractivity contribution in [2.24, 2.45) is 0 Å². The van der Waals surface area contributed by atoms with Gasteiger partial charge < -0.3 is 19.6 Å². The summed E-state index contributed by atoms with van der Waals surface area (Å²) in [5.74, 6) is 1.13. The Morgan fingerprint density at radius 3 is 2.64 bits per heavy atom. The standard InChI is InChI=1S/C18H28N4O3/c1-11-8-13(23)15-14(11)16(20-10-19-15)22-7-6-21(9-12(22)2)17(24)25-18(3,4)5/h10-13,23H,6-9H2,1-5H3. The third-order valence-electron chi connectivity index (χ3n) is 4.83. The first kappa shape index (κ1) is 17.9. The fourth-order valence-corrected chi connectivity index (χ4v) is 3.70. The van der Waals surface area contributed by atoms with Crippen molar-refractivity contribution in [3.05, 3.63) is 17.6 Å². The van der Waals surface area contributed by atoms with Crippen LogP contribution >= 0.6 is 0 Å². The van der Waals surface area contributed by atoms with E-state index < -0.39 is 11.7 Å². The molecule has 25 heavy (non-hydrogen) atoms. The summed E-state index contributed by atoms with van der Waals surface area (Å²) in [7, 11) is 0. The Balaban J connectivity index is 1.76. The van der Waals surface area contributed by atoms with Gasteiger partial charge in [-0.05, 0) is 40.0 Å². The molecule has 1 aliphatic heterocycles. The van der Waals surface area contributed by atoms with Gasteiger partial charge in [0.25, 0.3) is 0 Å². The molecule has 1 fully saturated rings.